The Balaban J connectivity index is 1.66. The fraction of sp³-hybridized carbons (Fsp3) is 0.207. The zero-order valence-electron chi connectivity index (χ0n) is 21.1. The summed E-state index contributed by atoms with van der Waals surface area (Å²) in [6, 6.07) is 22.3. The van der Waals surface area contributed by atoms with E-state index in [1.165, 1.54) is 16.7 Å². The molecule has 6 nitrogen and oxygen atoms in total. The van der Waals surface area contributed by atoms with E-state index in [4.69, 9.17) is 16.3 Å². The van der Waals surface area contributed by atoms with E-state index >= 15 is 0 Å². The van der Waals surface area contributed by atoms with E-state index < -0.39 is 0 Å². The molecule has 0 aromatic heterocycles. The Morgan fingerprint density at radius 3 is 2.43 bits per heavy atom. The van der Waals surface area contributed by atoms with E-state index in [9.17, 15) is 9.59 Å². The highest BCUT2D eigenvalue weighted by molar-refractivity contribution is 8.14. The Labute approximate surface area is 226 Å². The number of hydrogen-bond donors (Lipinski definition) is 0. The number of anilines is 2. The third-order valence-electron chi connectivity index (χ3n) is 5.87. The molecule has 8 heteroatoms. The number of rotatable bonds is 7. The van der Waals surface area contributed by atoms with Crippen LogP contribution in [0.1, 0.15) is 25.0 Å². The maximum atomic E-state index is 13.6. The van der Waals surface area contributed by atoms with Crippen LogP contribution in [0, 0.1) is 6.92 Å². The molecule has 0 unspecified atom stereocenters. The van der Waals surface area contributed by atoms with Gasteiger partial charge in [-0.1, -0.05) is 59.8 Å². The summed E-state index contributed by atoms with van der Waals surface area (Å²) in [7, 11) is 1.60. The number of methoxy groups -OCH3 is 1. The molecular weight excluding hydrogens is 506 g/mol. The SMILES string of the molecule is COc1ccc(C=C2N=C(SCC(=O)N(c3ccccc3)C(C)C)N(c3cccc(Cl)c3C)C2=O)cc1. The number of aliphatic imine (C=N–C) groups is 1. The normalized spacial score (nSPS) is 14.3. The van der Waals surface area contributed by atoms with Crippen molar-refractivity contribution >= 4 is 57.8 Å². The van der Waals surface area contributed by atoms with Gasteiger partial charge >= 0.3 is 0 Å². The van der Waals surface area contributed by atoms with Crippen LogP contribution in [0.15, 0.2) is 83.5 Å². The van der Waals surface area contributed by atoms with Crippen LogP contribution in [-0.4, -0.2) is 35.9 Å². The number of halogens is 1. The van der Waals surface area contributed by atoms with Crippen LogP contribution in [0.5, 0.6) is 5.75 Å². The van der Waals surface area contributed by atoms with Crippen molar-refractivity contribution in [3.05, 3.63) is 94.6 Å². The quantitative estimate of drug-likeness (QED) is 0.322. The molecule has 0 atom stereocenters. The van der Waals surface area contributed by atoms with Gasteiger partial charge in [0.25, 0.3) is 5.91 Å². The monoisotopic (exact) mass is 533 g/mol. The van der Waals surface area contributed by atoms with Crippen molar-refractivity contribution < 1.29 is 14.3 Å². The van der Waals surface area contributed by atoms with Crippen LogP contribution < -0.4 is 14.5 Å². The minimum Gasteiger partial charge on any atom is -0.497 e. The van der Waals surface area contributed by atoms with Gasteiger partial charge in [0, 0.05) is 16.8 Å². The fourth-order valence-corrected chi connectivity index (χ4v) is 5.05. The summed E-state index contributed by atoms with van der Waals surface area (Å²) in [5, 5.41) is 0.980. The van der Waals surface area contributed by atoms with Gasteiger partial charge in [-0.25, -0.2) is 4.99 Å². The molecular formula is C29H28ClN3O3S. The Bertz CT molecular complexity index is 1350. The lowest BCUT2D eigenvalue weighted by molar-refractivity contribution is -0.116. The Morgan fingerprint density at radius 2 is 1.78 bits per heavy atom. The van der Waals surface area contributed by atoms with E-state index in [0.29, 0.717) is 15.9 Å². The number of para-hydroxylation sites is 1. The van der Waals surface area contributed by atoms with Gasteiger partial charge in [0.15, 0.2) is 5.17 Å². The van der Waals surface area contributed by atoms with Crippen LogP contribution in [0.3, 0.4) is 0 Å². The standard InChI is InChI=1S/C29H28ClN3O3S/c1-19(2)32(22-9-6-5-7-10-22)27(34)18-37-29-31-25(17-21-13-15-23(36-4)16-14-21)28(35)33(29)26-12-8-11-24(30)20(26)3/h5-17,19H,18H2,1-4H3. The van der Waals surface area contributed by atoms with Gasteiger partial charge < -0.3 is 9.64 Å². The molecule has 190 valence electrons. The van der Waals surface area contributed by atoms with Crippen molar-refractivity contribution in [1.29, 1.82) is 0 Å². The Morgan fingerprint density at radius 1 is 1.08 bits per heavy atom. The van der Waals surface area contributed by atoms with E-state index in [0.717, 1.165) is 22.6 Å². The predicted octanol–water partition coefficient (Wildman–Crippen LogP) is 6.58. The third kappa shape index (κ3) is 5.89. The highest BCUT2D eigenvalue weighted by Gasteiger charge is 2.34. The lowest BCUT2D eigenvalue weighted by atomic mass is 10.1. The highest BCUT2D eigenvalue weighted by Crippen LogP contribution is 2.34. The molecule has 37 heavy (non-hydrogen) atoms. The second-order valence-electron chi connectivity index (χ2n) is 8.70. The average molecular weight is 534 g/mol. The molecule has 0 bridgehead atoms. The number of hydrogen-bond acceptors (Lipinski definition) is 5. The van der Waals surface area contributed by atoms with Crippen molar-refractivity contribution in [1.82, 2.24) is 0 Å². The molecule has 2 amide bonds. The molecule has 0 N–H and O–H groups in total. The Kier molecular flexibility index (Phi) is 8.36. The first kappa shape index (κ1) is 26.5. The first-order valence-electron chi connectivity index (χ1n) is 11.8. The summed E-state index contributed by atoms with van der Waals surface area (Å²) in [4.78, 5) is 34.9. The number of carbonyl (C=O) groups is 2. The van der Waals surface area contributed by atoms with Crippen molar-refractivity contribution in [2.45, 2.75) is 26.8 Å². The van der Waals surface area contributed by atoms with E-state index in [-0.39, 0.29) is 29.3 Å². The lowest BCUT2D eigenvalue weighted by Gasteiger charge is -2.27. The zero-order chi connectivity index (χ0) is 26.5. The smallest absolute Gasteiger partial charge is 0.283 e. The summed E-state index contributed by atoms with van der Waals surface area (Å²) < 4.78 is 5.22. The molecule has 0 saturated carbocycles. The number of benzene rings is 3. The predicted molar refractivity (Wildman–Crippen MR) is 154 cm³/mol. The minimum atomic E-state index is -0.278. The van der Waals surface area contributed by atoms with Gasteiger partial charge in [0.2, 0.25) is 5.91 Å². The second-order valence-corrected chi connectivity index (χ2v) is 10.1. The number of amides is 2. The number of carbonyl (C=O) groups excluding carboxylic acids is 2. The molecule has 0 aliphatic carbocycles. The first-order chi connectivity index (χ1) is 17.8. The molecule has 3 aromatic rings. The molecule has 0 spiro atoms. The van der Waals surface area contributed by atoms with Gasteiger partial charge in [-0.15, -0.1) is 0 Å². The second kappa shape index (κ2) is 11.7. The van der Waals surface area contributed by atoms with Crippen molar-refractivity contribution in [3.63, 3.8) is 0 Å². The molecule has 1 aliphatic heterocycles. The minimum absolute atomic E-state index is 0.0283. The molecule has 0 saturated heterocycles. The Hall–Kier alpha value is -3.55. The average Bonchev–Trinajstić information content (AvgIpc) is 3.20. The lowest BCUT2D eigenvalue weighted by Crippen LogP contribution is -2.39. The van der Waals surface area contributed by atoms with Crippen LogP contribution in [0.4, 0.5) is 11.4 Å². The summed E-state index contributed by atoms with van der Waals surface area (Å²) in [6.07, 6.45) is 1.73. The van der Waals surface area contributed by atoms with Crippen LogP contribution >= 0.6 is 23.4 Å². The van der Waals surface area contributed by atoms with Gasteiger partial charge in [-0.05, 0) is 74.4 Å². The number of amidine groups is 1. The summed E-state index contributed by atoms with van der Waals surface area (Å²) in [5.74, 6) is 0.490. The van der Waals surface area contributed by atoms with E-state index in [2.05, 4.69) is 4.99 Å². The number of ether oxygens (including phenoxy) is 1. The zero-order valence-corrected chi connectivity index (χ0v) is 22.7. The summed E-state index contributed by atoms with van der Waals surface area (Å²) in [5.41, 5.74) is 3.32. The largest absolute Gasteiger partial charge is 0.497 e. The van der Waals surface area contributed by atoms with Crippen LogP contribution in [0.25, 0.3) is 6.08 Å². The van der Waals surface area contributed by atoms with Gasteiger partial charge in [0.1, 0.15) is 11.4 Å². The molecule has 1 aliphatic rings. The fourth-order valence-electron chi connectivity index (χ4n) is 4.02. The van der Waals surface area contributed by atoms with Crippen LogP contribution in [0.2, 0.25) is 5.02 Å². The summed E-state index contributed by atoms with van der Waals surface area (Å²) in [6.45, 7) is 5.81. The van der Waals surface area contributed by atoms with Crippen molar-refractivity contribution in [2.75, 3.05) is 22.7 Å². The van der Waals surface area contributed by atoms with E-state index in [1.54, 1.807) is 30.2 Å². The van der Waals surface area contributed by atoms with Gasteiger partial charge in [-0.3, -0.25) is 14.5 Å². The molecule has 0 radical (unpaired) electrons. The molecule has 1 heterocycles. The molecule has 4 rings (SSSR count). The molecule has 3 aromatic carbocycles. The van der Waals surface area contributed by atoms with Gasteiger partial charge in [-0.2, -0.15) is 0 Å². The molecule has 0 fully saturated rings. The van der Waals surface area contributed by atoms with Crippen molar-refractivity contribution in [2.24, 2.45) is 4.99 Å². The van der Waals surface area contributed by atoms with E-state index in [1.807, 2.05) is 81.4 Å². The maximum Gasteiger partial charge on any atom is 0.283 e. The highest BCUT2D eigenvalue weighted by atomic mass is 35.5. The summed E-state index contributed by atoms with van der Waals surface area (Å²) >= 11 is 7.62. The number of thioether (sulfide) groups is 1. The first-order valence-corrected chi connectivity index (χ1v) is 13.2. The maximum absolute atomic E-state index is 13.6. The third-order valence-corrected chi connectivity index (χ3v) is 7.21. The van der Waals surface area contributed by atoms with Gasteiger partial charge in [0.05, 0.1) is 18.6 Å². The topological polar surface area (TPSA) is 62.2 Å². The number of nitrogens with zero attached hydrogens (tertiary/aromatic N) is 3. The van der Waals surface area contributed by atoms with Crippen molar-refractivity contribution in [3.8, 4) is 5.75 Å². The van der Waals surface area contributed by atoms with Crippen LogP contribution in [-0.2, 0) is 9.59 Å².